The molecule has 2 aromatic rings. The molecule has 1 aromatic heterocycles. The Kier molecular flexibility index (Phi) is 4.57. The molecule has 1 N–H and O–H groups in total. The third-order valence-electron chi connectivity index (χ3n) is 2.93. The van der Waals surface area contributed by atoms with Crippen molar-refractivity contribution in [1.82, 2.24) is 14.9 Å². The van der Waals surface area contributed by atoms with E-state index in [1.54, 1.807) is 19.2 Å². The third-order valence-corrected chi connectivity index (χ3v) is 2.93. The van der Waals surface area contributed by atoms with Gasteiger partial charge in [-0.15, -0.1) is 0 Å². The van der Waals surface area contributed by atoms with Crippen LogP contribution in [-0.2, 0) is 0 Å². The molecule has 1 heterocycles. The first-order valence-electron chi connectivity index (χ1n) is 6.45. The highest BCUT2D eigenvalue weighted by atomic mass is 16.5. The van der Waals surface area contributed by atoms with E-state index in [0.29, 0.717) is 29.0 Å². The Balaban J connectivity index is 2.21. The van der Waals surface area contributed by atoms with E-state index < -0.39 is 0 Å². The fourth-order valence-electron chi connectivity index (χ4n) is 1.91. The van der Waals surface area contributed by atoms with Crippen LogP contribution in [0.15, 0.2) is 23.3 Å². The van der Waals surface area contributed by atoms with Gasteiger partial charge in [-0.2, -0.15) is 0 Å². The molecule has 108 valence electrons. The molecular weight excluding hydrogens is 258 g/mol. The van der Waals surface area contributed by atoms with Gasteiger partial charge in [0.25, 0.3) is 5.56 Å². The van der Waals surface area contributed by atoms with Crippen molar-refractivity contribution in [3.63, 3.8) is 0 Å². The number of aromatic nitrogens is 2. The first-order chi connectivity index (χ1) is 9.61. The minimum absolute atomic E-state index is 0.188. The quantitative estimate of drug-likeness (QED) is 0.805. The summed E-state index contributed by atoms with van der Waals surface area (Å²) < 4.78 is 11.0. The number of nitrogens with zero attached hydrogens (tertiary/aromatic N) is 2. The SMILES string of the molecule is COc1cc2c(=O)[nH]cnc2cc1OCCCN(C)C. The summed E-state index contributed by atoms with van der Waals surface area (Å²) in [6.07, 6.45) is 2.30. The lowest BCUT2D eigenvalue weighted by Crippen LogP contribution is -2.15. The maximum atomic E-state index is 11.7. The van der Waals surface area contributed by atoms with Gasteiger partial charge in [0.05, 0.1) is 30.9 Å². The molecule has 0 aliphatic rings. The van der Waals surface area contributed by atoms with Crippen molar-refractivity contribution in [3.8, 4) is 11.5 Å². The molecule has 6 nitrogen and oxygen atoms in total. The minimum Gasteiger partial charge on any atom is -0.493 e. The van der Waals surface area contributed by atoms with Crippen molar-refractivity contribution in [2.45, 2.75) is 6.42 Å². The second-order valence-corrected chi connectivity index (χ2v) is 4.76. The van der Waals surface area contributed by atoms with Crippen LogP contribution < -0.4 is 15.0 Å². The number of ether oxygens (including phenoxy) is 2. The number of aromatic amines is 1. The van der Waals surface area contributed by atoms with E-state index in [1.807, 2.05) is 14.1 Å². The summed E-state index contributed by atoms with van der Waals surface area (Å²) in [6, 6.07) is 3.39. The van der Waals surface area contributed by atoms with Gasteiger partial charge >= 0.3 is 0 Å². The molecular formula is C14H19N3O3. The first-order valence-corrected chi connectivity index (χ1v) is 6.45. The summed E-state index contributed by atoms with van der Waals surface area (Å²) in [6.45, 7) is 1.54. The van der Waals surface area contributed by atoms with Gasteiger partial charge in [0.15, 0.2) is 11.5 Å². The van der Waals surface area contributed by atoms with Gasteiger partial charge in [0.2, 0.25) is 0 Å². The lowest BCUT2D eigenvalue weighted by molar-refractivity contribution is 0.268. The molecule has 20 heavy (non-hydrogen) atoms. The Hall–Kier alpha value is -2.08. The summed E-state index contributed by atoms with van der Waals surface area (Å²) in [5, 5.41) is 0.491. The number of H-pyrrole nitrogens is 1. The van der Waals surface area contributed by atoms with Gasteiger partial charge in [-0.3, -0.25) is 4.79 Å². The van der Waals surface area contributed by atoms with Crippen LogP contribution in [0.5, 0.6) is 11.5 Å². The minimum atomic E-state index is -0.188. The molecule has 0 saturated heterocycles. The molecule has 0 radical (unpaired) electrons. The Morgan fingerprint density at radius 1 is 1.30 bits per heavy atom. The summed E-state index contributed by atoms with van der Waals surface area (Å²) in [7, 11) is 5.60. The van der Waals surface area contributed by atoms with Crippen LogP contribution in [0.25, 0.3) is 10.9 Å². The van der Waals surface area contributed by atoms with Crippen molar-refractivity contribution < 1.29 is 9.47 Å². The molecule has 2 rings (SSSR count). The fraction of sp³-hybridized carbons (Fsp3) is 0.429. The van der Waals surface area contributed by atoms with Crippen molar-refractivity contribution in [2.24, 2.45) is 0 Å². The monoisotopic (exact) mass is 277 g/mol. The average Bonchev–Trinajstić information content (AvgIpc) is 2.43. The van der Waals surface area contributed by atoms with E-state index in [2.05, 4.69) is 14.9 Å². The highest BCUT2D eigenvalue weighted by molar-refractivity contribution is 5.81. The number of rotatable bonds is 6. The van der Waals surface area contributed by atoms with Gasteiger partial charge < -0.3 is 19.4 Å². The zero-order chi connectivity index (χ0) is 14.5. The van der Waals surface area contributed by atoms with E-state index in [-0.39, 0.29) is 5.56 Å². The second kappa shape index (κ2) is 6.38. The van der Waals surface area contributed by atoms with Crippen molar-refractivity contribution in [3.05, 3.63) is 28.8 Å². The van der Waals surface area contributed by atoms with Crippen LogP contribution in [0.2, 0.25) is 0 Å². The van der Waals surface area contributed by atoms with E-state index in [9.17, 15) is 4.79 Å². The van der Waals surface area contributed by atoms with Crippen LogP contribution >= 0.6 is 0 Å². The summed E-state index contributed by atoms with van der Waals surface area (Å²) in [5.41, 5.74) is 0.407. The normalized spacial score (nSPS) is 11.0. The number of benzene rings is 1. The molecule has 0 bridgehead atoms. The van der Waals surface area contributed by atoms with E-state index in [0.717, 1.165) is 13.0 Å². The predicted octanol–water partition coefficient (Wildman–Crippen LogP) is 1.26. The van der Waals surface area contributed by atoms with Crippen LogP contribution in [0.3, 0.4) is 0 Å². The van der Waals surface area contributed by atoms with E-state index in [1.165, 1.54) is 6.33 Å². The molecule has 0 amide bonds. The molecule has 1 aromatic carbocycles. The number of hydrogen-bond acceptors (Lipinski definition) is 5. The summed E-state index contributed by atoms with van der Waals surface area (Å²) >= 11 is 0. The third kappa shape index (κ3) is 3.27. The van der Waals surface area contributed by atoms with Crippen molar-refractivity contribution in [1.29, 1.82) is 0 Å². The first kappa shape index (κ1) is 14.3. The molecule has 0 atom stereocenters. The van der Waals surface area contributed by atoms with Gasteiger partial charge in [-0.25, -0.2) is 4.98 Å². The van der Waals surface area contributed by atoms with E-state index in [4.69, 9.17) is 9.47 Å². The largest absolute Gasteiger partial charge is 0.493 e. The van der Waals surface area contributed by atoms with Gasteiger partial charge in [0, 0.05) is 12.6 Å². The fourth-order valence-corrected chi connectivity index (χ4v) is 1.91. The Bertz CT molecular complexity index is 637. The van der Waals surface area contributed by atoms with Gasteiger partial charge in [-0.05, 0) is 26.6 Å². The number of nitrogens with one attached hydrogen (secondary N) is 1. The Morgan fingerprint density at radius 2 is 2.10 bits per heavy atom. The van der Waals surface area contributed by atoms with E-state index >= 15 is 0 Å². The molecule has 0 aliphatic heterocycles. The topological polar surface area (TPSA) is 67.5 Å². The van der Waals surface area contributed by atoms with Crippen LogP contribution in [0, 0.1) is 0 Å². The van der Waals surface area contributed by atoms with Crippen molar-refractivity contribution in [2.75, 3.05) is 34.4 Å². The summed E-state index contributed by atoms with van der Waals surface area (Å²) in [5.74, 6) is 1.15. The van der Waals surface area contributed by atoms with Gasteiger partial charge in [-0.1, -0.05) is 0 Å². The summed E-state index contributed by atoms with van der Waals surface area (Å²) in [4.78, 5) is 20.5. The zero-order valence-corrected chi connectivity index (χ0v) is 12.0. The molecule has 0 spiro atoms. The smallest absolute Gasteiger partial charge is 0.258 e. The molecule has 6 heteroatoms. The molecule has 0 saturated carbocycles. The predicted molar refractivity (Wildman–Crippen MR) is 77.6 cm³/mol. The highest BCUT2D eigenvalue weighted by Gasteiger charge is 2.09. The number of fused-ring (bicyclic) bond motifs is 1. The second-order valence-electron chi connectivity index (χ2n) is 4.76. The van der Waals surface area contributed by atoms with Gasteiger partial charge in [0.1, 0.15) is 0 Å². The van der Waals surface area contributed by atoms with Crippen LogP contribution in [-0.4, -0.2) is 49.2 Å². The molecule has 0 unspecified atom stereocenters. The Morgan fingerprint density at radius 3 is 2.80 bits per heavy atom. The highest BCUT2D eigenvalue weighted by Crippen LogP contribution is 2.30. The zero-order valence-electron chi connectivity index (χ0n) is 12.0. The maximum absolute atomic E-state index is 11.7. The lowest BCUT2D eigenvalue weighted by atomic mass is 10.2. The number of hydrogen-bond donors (Lipinski definition) is 1. The lowest BCUT2D eigenvalue weighted by Gasteiger charge is -2.13. The molecule has 0 aliphatic carbocycles. The van der Waals surface area contributed by atoms with Crippen LogP contribution in [0.1, 0.15) is 6.42 Å². The van der Waals surface area contributed by atoms with Crippen molar-refractivity contribution >= 4 is 10.9 Å². The Labute approximate surface area is 117 Å². The number of methoxy groups -OCH3 is 1. The molecule has 0 fully saturated rings. The average molecular weight is 277 g/mol. The maximum Gasteiger partial charge on any atom is 0.258 e. The standard InChI is InChI=1S/C14H19N3O3/c1-17(2)5-4-6-20-13-8-11-10(7-12(13)19-3)14(18)16-9-15-11/h7-9H,4-6H2,1-3H3,(H,15,16,18). The van der Waals surface area contributed by atoms with Crippen LogP contribution in [0.4, 0.5) is 0 Å².